The summed E-state index contributed by atoms with van der Waals surface area (Å²) in [6.45, 7) is 8.19. The maximum atomic E-state index is 12.4. The number of amides is 1. The molecule has 3 aliphatic rings. The highest BCUT2D eigenvalue weighted by Gasteiger charge is 2.55. The molecule has 0 spiro atoms. The predicted molar refractivity (Wildman–Crippen MR) is 70.3 cm³/mol. The minimum atomic E-state index is -0.379. The van der Waals surface area contributed by atoms with Crippen LogP contribution in [0.15, 0.2) is 0 Å². The van der Waals surface area contributed by atoms with Crippen LogP contribution in [0.2, 0.25) is 0 Å². The van der Waals surface area contributed by atoms with E-state index in [-0.39, 0.29) is 11.7 Å². The summed E-state index contributed by atoms with van der Waals surface area (Å²) < 4.78 is 5.60. The Hall–Kier alpha value is -0.730. The van der Waals surface area contributed by atoms with Crippen molar-refractivity contribution in [1.82, 2.24) is 4.90 Å². The molecule has 3 bridgehead atoms. The third-order valence-corrected chi connectivity index (χ3v) is 5.15. The number of hydrogen-bond acceptors (Lipinski definition) is 2. The van der Waals surface area contributed by atoms with Crippen molar-refractivity contribution < 1.29 is 9.53 Å². The second-order valence-corrected chi connectivity index (χ2v) is 7.46. The Bertz CT molecular complexity index is 358. The van der Waals surface area contributed by atoms with Crippen LogP contribution in [0.3, 0.4) is 0 Å². The highest BCUT2D eigenvalue weighted by Crippen LogP contribution is 2.53. The molecule has 2 heterocycles. The molecule has 0 aromatic heterocycles. The van der Waals surface area contributed by atoms with Crippen LogP contribution in [0.1, 0.15) is 53.4 Å². The van der Waals surface area contributed by atoms with E-state index in [1.807, 2.05) is 20.8 Å². The molecule has 0 radical (unpaired) electrons. The van der Waals surface area contributed by atoms with Crippen molar-refractivity contribution in [3.63, 3.8) is 0 Å². The number of rotatable bonds is 0. The van der Waals surface area contributed by atoms with Crippen molar-refractivity contribution in [3.8, 4) is 0 Å². The standard InChI is InChI=1S/C15H25NO2/c1-9-11-6-5-10-7-12(9)16(13(11)8-10)14(17)18-15(2,3)4/h9-13H,5-8H2,1-4H3/t9-,10+,11+,12+,13-/m0/s1. The molecule has 18 heavy (non-hydrogen) atoms. The number of hydrogen-bond donors (Lipinski definition) is 0. The second kappa shape index (κ2) is 3.88. The minimum Gasteiger partial charge on any atom is -0.444 e. The van der Waals surface area contributed by atoms with E-state index in [4.69, 9.17) is 4.74 Å². The third kappa shape index (κ3) is 1.83. The van der Waals surface area contributed by atoms with Gasteiger partial charge < -0.3 is 9.64 Å². The fourth-order valence-electron chi connectivity index (χ4n) is 4.44. The summed E-state index contributed by atoms with van der Waals surface area (Å²) in [5.74, 6) is 2.25. The van der Waals surface area contributed by atoms with Gasteiger partial charge in [0.1, 0.15) is 5.60 Å². The smallest absolute Gasteiger partial charge is 0.410 e. The van der Waals surface area contributed by atoms with Gasteiger partial charge in [-0.05, 0) is 64.2 Å². The van der Waals surface area contributed by atoms with Crippen LogP contribution in [0.5, 0.6) is 0 Å². The lowest BCUT2D eigenvalue weighted by atomic mass is 9.78. The molecule has 0 N–H and O–H groups in total. The van der Waals surface area contributed by atoms with E-state index >= 15 is 0 Å². The first-order chi connectivity index (χ1) is 8.37. The molecule has 1 saturated carbocycles. The molecule has 0 aromatic carbocycles. The van der Waals surface area contributed by atoms with E-state index in [1.54, 1.807) is 0 Å². The maximum absolute atomic E-state index is 12.4. The Kier molecular flexibility index (Phi) is 2.65. The van der Waals surface area contributed by atoms with Crippen molar-refractivity contribution in [1.29, 1.82) is 0 Å². The minimum absolute atomic E-state index is 0.0767. The molecule has 3 fully saturated rings. The Morgan fingerprint density at radius 1 is 1.17 bits per heavy atom. The lowest BCUT2D eigenvalue weighted by molar-refractivity contribution is -0.00690. The summed E-state index contributed by atoms with van der Waals surface area (Å²) >= 11 is 0. The average Bonchev–Trinajstić information content (AvgIpc) is 2.35. The van der Waals surface area contributed by atoms with Gasteiger partial charge >= 0.3 is 6.09 Å². The van der Waals surface area contributed by atoms with Crippen LogP contribution in [-0.4, -0.2) is 28.7 Å². The first-order valence-corrected chi connectivity index (χ1v) is 7.38. The van der Waals surface area contributed by atoms with Gasteiger partial charge in [-0.3, -0.25) is 0 Å². The van der Waals surface area contributed by atoms with Gasteiger partial charge in [-0.1, -0.05) is 6.92 Å². The summed E-state index contributed by atoms with van der Waals surface area (Å²) in [4.78, 5) is 14.5. The number of piperidine rings is 1. The largest absolute Gasteiger partial charge is 0.444 e. The Morgan fingerprint density at radius 2 is 1.83 bits per heavy atom. The zero-order valence-electron chi connectivity index (χ0n) is 12.0. The van der Waals surface area contributed by atoms with Crippen LogP contribution in [0, 0.1) is 17.8 Å². The van der Waals surface area contributed by atoms with E-state index < -0.39 is 0 Å². The number of carbonyl (C=O) groups is 1. The Labute approximate surface area is 110 Å². The van der Waals surface area contributed by atoms with Crippen LogP contribution < -0.4 is 0 Å². The van der Waals surface area contributed by atoms with E-state index in [0.717, 1.165) is 11.8 Å². The number of nitrogens with zero attached hydrogens (tertiary/aromatic N) is 1. The first kappa shape index (κ1) is 12.3. The molecule has 3 rings (SSSR count). The molecule has 1 amide bonds. The van der Waals surface area contributed by atoms with E-state index in [9.17, 15) is 4.79 Å². The summed E-state index contributed by atoms with van der Waals surface area (Å²) in [6, 6.07) is 0.906. The summed E-state index contributed by atoms with van der Waals surface area (Å²) in [5, 5.41) is 0. The molecule has 1 aliphatic carbocycles. The molecule has 0 aromatic rings. The highest BCUT2D eigenvalue weighted by atomic mass is 16.6. The normalized spacial score (nSPS) is 42.2. The molecule has 2 saturated heterocycles. The fourth-order valence-corrected chi connectivity index (χ4v) is 4.44. The number of carbonyl (C=O) groups excluding carboxylic acids is 1. The van der Waals surface area contributed by atoms with Crippen molar-refractivity contribution in [2.75, 3.05) is 0 Å². The molecule has 3 nitrogen and oxygen atoms in total. The molecule has 2 aliphatic heterocycles. The summed E-state index contributed by atoms with van der Waals surface area (Å²) in [7, 11) is 0. The van der Waals surface area contributed by atoms with E-state index in [2.05, 4.69) is 11.8 Å². The Morgan fingerprint density at radius 3 is 2.50 bits per heavy atom. The van der Waals surface area contributed by atoms with Gasteiger partial charge in [-0.25, -0.2) is 4.79 Å². The van der Waals surface area contributed by atoms with Crippen LogP contribution in [0.4, 0.5) is 4.79 Å². The van der Waals surface area contributed by atoms with Gasteiger partial charge in [0, 0.05) is 12.1 Å². The fraction of sp³-hybridized carbons (Fsp3) is 0.933. The van der Waals surface area contributed by atoms with Gasteiger partial charge in [-0.15, -0.1) is 0 Å². The topological polar surface area (TPSA) is 29.5 Å². The lowest BCUT2D eigenvalue weighted by Crippen LogP contribution is -2.50. The number of ether oxygens (including phenoxy) is 1. The molecule has 0 unspecified atom stereocenters. The zero-order valence-corrected chi connectivity index (χ0v) is 12.0. The Balaban J connectivity index is 1.81. The van der Waals surface area contributed by atoms with Crippen LogP contribution in [0.25, 0.3) is 0 Å². The quantitative estimate of drug-likeness (QED) is 0.660. The highest BCUT2D eigenvalue weighted by molar-refractivity contribution is 5.70. The van der Waals surface area contributed by atoms with Gasteiger partial charge in [-0.2, -0.15) is 0 Å². The lowest BCUT2D eigenvalue weighted by Gasteiger charge is -2.42. The van der Waals surface area contributed by atoms with Crippen molar-refractivity contribution in [3.05, 3.63) is 0 Å². The van der Waals surface area contributed by atoms with Gasteiger partial charge in [0.2, 0.25) is 0 Å². The molecule has 102 valence electrons. The monoisotopic (exact) mass is 251 g/mol. The van der Waals surface area contributed by atoms with Gasteiger partial charge in [0.25, 0.3) is 0 Å². The van der Waals surface area contributed by atoms with Crippen molar-refractivity contribution in [2.24, 2.45) is 17.8 Å². The predicted octanol–water partition coefficient (Wildman–Crippen LogP) is 3.43. The third-order valence-electron chi connectivity index (χ3n) is 5.15. The molecular formula is C15H25NO2. The average molecular weight is 251 g/mol. The van der Waals surface area contributed by atoms with Crippen molar-refractivity contribution in [2.45, 2.75) is 71.1 Å². The SMILES string of the molecule is C[C@H]1[C@H]2CC[C@@H]3C[C@H]1N(C(=O)OC(C)(C)C)[C@H]2C3. The second-order valence-electron chi connectivity index (χ2n) is 7.46. The maximum Gasteiger partial charge on any atom is 0.410 e. The summed E-state index contributed by atoms with van der Waals surface area (Å²) in [5.41, 5.74) is -0.379. The van der Waals surface area contributed by atoms with Crippen LogP contribution in [-0.2, 0) is 4.74 Å². The summed E-state index contributed by atoms with van der Waals surface area (Å²) in [6.07, 6.45) is 5.03. The van der Waals surface area contributed by atoms with Crippen LogP contribution >= 0.6 is 0 Å². The molecular weight excluding hydrogens is 226 g/mol. The van der Waals surface area contributed by atoms with E-state index in [0.29, 0.717) is 18.0 Å². The van der Waals surface area contributed by atoms with E-state index in [1.165, 1.54) is 25.7 Å². The first-order valence-electron chi connectivity index (χ1n) is 7.38. The van der Waals surface area contributed by atoms with Crippen molar-refractivity contribution >= 4 is 6.09 Å². The van der Waals surface area contributed by atoms with Gasteiger partial charge in [0.15, 0.2) is 0 Å². The molecule has 3 heteroatoms. The zero-order chi connectivity index (χ0) is 13.1. The number of fused-ring (bicyclic) bond motifs is 2. The molecule has 5 atom stereocenters. The van der Waals surface area contributed by atoms with Gasteiger partial charge in [0.05, 0.1) is 0 Å².